The van der Waals surface area contributed by atoms with Crippen molar-refractivity contribution in [3.05, 3.63) is 47.8 Å². The average Bonchev–Trinajstić information content (AvgIpc) is 3.36. The van der Waals surface area contributed by atoms with Crippen molar-refractivity contribution in [2.45, 2.75) is 38.6 Å². The highest BCUT2D eigenvalue weighted by molar-refractivity contribution is 14.0. The van der Waals surface area contributed by atoms with Crippen LogP contribution in [0.2, 0.25) is 0 Å². The summed E-state index contributed by atoms with van der Waals surface area (Å²) in [6.07, 6.45) is 8.67. The second kappa shape index (κ2) is 11.3. The van der Waals surface area contributed by atoms with Gasteiger partial charge in [-0.15, -0.1) is 24.0 Å². The molecular weight excluding hydrogens is 463 g/mol. The Morgan fingerprint density at radius 1 is 1.29 bits per heavy atom. The molecule has 7 heteroatoms. The van der Waals surface area contributed by atoms with Crippen molar-refractivity contribution in [1.29, 1.82) is 0 Å². The molecule has 1 aliphatic heterocycles. The number of aromatic nitrogens is 2. The molecule has 28 heavy (non-hydrogen) atoms. The molecule has 3 rings (SSSR count). The summed E-state index contributed by atoms with van der Waals surface area (Å²) in [5.74, 6) is 0.847. The Kier molecular flexibility index (Phi) is 9.08. The van der Waals surface area contributed by atoms with Gasteiger partial charge in [-0.1, -0.05) is 12.1 Å². The fourth-order valence-corrected chi connectivity index (χ4v) is 3.55. The SMILES string of the molecule is CN=C(NCCCc1cnn(C)c1)NC(C)c1cccc(N2CCCC2)c1.I. The third kappa shape index (κ3) is 6.39. The van der Waals surface area contributed by atoms with Crippen LogP contribution in [0.5, 0.6) is 0 Å². The van der Waals surface area contributed by atoms with E-state index in [9.17, 15) is 0 Å². The molecule has 0 spiro atoms. The van der Waals surface area contributed by atoms with Crippen molar-refractivity contribution < 1.29 is 0 Å². The molecule has 1 atom stereocenters. The summed E-state index contributed by atoms with van der Waals surface area (Å²) in [5.41, 5.74) is 3.89. The monoisotopic (exact) mass is 496 g/mol. The molecule has 0 aliphatic carbocycles. The van der Waals surface area contributed by atoms with Gasteiger partial charge < -0.3 is 15.5 Å². The standard InChI is InChI=1S/C21H32N6.HI/c1-17(19-9-6-10-20(14-19)27-12-4-5-13-27)25-21(22-2)23-11-7-8-18-15-24-26(3)16-18;/h6,9-10,14-17H,4-5,7-8,11-13H2,1-3H3,(H2,22,23,25);1H. The Morgan fingerprint density at radius 2 is 2.07 bits per heavy atom. The van der Waals surface area contributed by atoms with Gasteiger partial charge in [0.1, 0.15) is 0 Å². The van der Waals surface area contributed by atoms with E-state index in [1.165, 1.54) is 42.7 Å². The molecule has 1 aromatic carbocycles. The second-order valence-corrected chi connectivity index (χ2v) is 7.28. The lowest BCUT2D eigenvalue weighted by Gasteiger charge is -2.22. The lowest BCUT2D eigenvalue weighted by atomic mass is 10.1. The van der Waals surface area contributed by atoms with Gasteiger partial charge in [-0.2, -0.15) is 5.10 Å². The lowest BCUT2D eigenvalue weighted by Crippen LogP contribution is -2.39. The minimum atomic E-state index is 0. The topological polar surface area (TPSA) is 57.5 Å². The molecule has 0 saturated carbocycles. The molecular formula is C21H33IN6. The number of benzene rings is 1. The van der Waals surface area contributed by atoms with Gasteiger partial charge >= 0.3 is 0 Å². The molecule has 0 amide bonds. The van der Waals surface area contributed by atoms with Crippen LogP contribution in [0.3, 0.4) is 0 Å². The molecule has 2 heterocycles. The van der Waals surface area contributed by atoms with E-state index in [-0.39, 0.29) is 30.0 Å². The smallest absolute Gasteiger partial charge is 0.191 e. The van der Waals surface area contributed by atoms with E-state index in [4.69, 9.17) is 0 Å². The fourth-order valence-electron chi connectivity index (χ4n) is 3.55. The minimum absolute atomic E-state index is 0. The summed E-state index contributed by atoms with van der Waals surface area (Å²) < 4.78 is 1.85. The molecule has 0 bridgehead atoms. The molecule has 6 nitrogen and oxygen atoms in total. The Bertz CT molecular complexity index is 751. The van der Waals surface area contributed by atoms with Gasteiger partial charge in [-0.3, -0.25) is 9.67 Å². The average molecular weight is 496 g/mol. The first-order chi connectivity index (χ1) is 13.2. The molecule has 2 N–H and O–H groups in total. The van der Waals surface area contributed by atoms with Crippen LogP contribution in [0.4, 0.5) is 5.69 Å². The van der Waals surface area contributed by atoms with Crippen LogP contribution in [0.15, 0.2) is 41.7 Å². The Balaban J connectivity index is 0.00000280. The summed E-state index contributed by atoms with van der Waals surface area (Å²) in [7, 11) is 3.78. The summed E-state index contributed by atoms with van der Waals surface area (Å²) in [6, 6.07) is 9.07. The van der Waals surface area contributed by atoms with Crippen LogP contribution in [0, 0.1) is 0 Å². The summed E-state index contributed by atoms with van der Waals surface area (Å²) in [6.45, 7) is 5.41. The number of rotatable bonds is 7. The molecule has 2 aromatic rings. The van der Waals surface area contributed by atoms with Gasteiger partial charge in [0.2, 0.25) is 0 Å². The van der Waals surface area contributed by atoms with E-state index in [2.05, 4.69) is 63.0 Å². The van der Waals surface area contributed by atoms with Crippen molar-refractivity contribution in [3.8, 4) is 0 Å². The lowest BCUT2D eigenvalue weighted by molar-refractivity contribution is 0.673. The van der Waals surface area contributed by atoms with E-state index in [0.29, 0.717) is 0 Å². The highest BCUT2D eigenvalue weighted by Crippen LogP contribution is 2.23. The van der Waals surface area contributed by atoms with E-state index in [1.54, 1.807) is 0 Å². The van der Waals surface area contributed by atoms with Crippen molar-refractivity contribution in [3.63, 3.8) is 0 Å². The maximum Gasteiger partial charge on any atom is 0.191 e. The number of hydrogen-bond acceptors (Lipinski definition) is 3. The second-order valence-electron chi connectivity index (χ2n) is 7.28. The molecule has 1 saturated heterocycles. The number of aliphatic imine (C=N–C) groups is 1. The molecule has 154 valence electrons. The maximum absolute atomic E-state index is 4.37. The molecule has 1 aliphatic rings. The first-order valence-corrected chi connectivity index (χ1v) is 9.95. The van der Waals surface area contributed by atoms with E-state index in [0.717, 1.165) is 25.3 Å². The van der Waals surface area contributed by atoms with Crippen molar-refractivity contribution in [1.82, 2.24) is 20.4 Å². The van der Waals surface area contributed by atoms with Crippen molar-refractivity contribution in [2.75, 3.05) is 31.6 Å². The van der Waals surface area contributed by atoms with Gasteiger partial charge in [0, 0.05) is 45.6 Å². The predicted molar refractivity (Wildman–Crippen MR) is 128 cm³/mol. The quantitative estimate of drug-likeness (QED) is 0.267. The van der Waals surface area contributed by atoms with Gasteiger partial charge in [0.15, 0.2) is 5.96 Å². The van der Waals surface area contributed by atoms with Gasteiger partial charge in [0.25, 0.3) is 0 Å². The van der Waals surface area contributed by atoms with Gasteiger partial charge in [0.05, 0.1) is 12.2 Å². The van der Waals surface area contributed by atoms with Crippen LogP contribution in [-0.4, -0.2) is 42.4 Å². The van der Waals surface area contributed by atoms with E-state index >= 15 is 0 Å². The van der Waals surface area contributed by atoms with Gasteiger partial charge in [-0.05, 0) is 55.9 Å². The third-order valence-electron chi connectivity index (χ3n) is 5.11. The highest BCUT2D eigenvalue weighted by Gasteiger charge is 2.14. The summed E-state index contributed by atoms with van der Waals surface area (Å²) in [4.78, 5) is 6.84. The Labute approximate surface area is 185 Å². The van der Waals surface area contributed by atoms with Crippen LogP contribution >= 0.6 is 24.0 Å². The van der Waals surface area contributed by atoms with E-state index in [1.807, 2.05) is 25.0 Å². The zero-order valence-corrected chi connectivity index (χ0v) is 19.5. The summed E-state index contributed by atoms with van der Waals surface area (Å²) >= 11 is 0. The largest absolute Gasteiger partial charge is 0.372 e. The van der Waals surface area contributed by atoms with Crippen LogP contribution in [0.1, 0.15) is 43.4 Å². The minimum Gasteiger partial charge on any atom is -0.372 e. The Morgan fingerprint density at radius 3 is 2.75 bits per heavy atom. The number of anilines is 1. The predicted octanol–water partition coefficient (Wildman–Crippen LogP) is 3.50. The molecule has 0 radical (unpaired) electrons. The maximum atomic E-state index is 4.37. The Hall–Kier alpha value is -1.77. The zero-order chi connectivity index (χ0) is 19.1. The molecule has 1 unspecified atom stereocenters. The molecule has 1 fully saturated rings. The van der Waals surface area contributed by atoms with Crippen LogP contribution < -0.4 is 15.5 Å². The number of nitrogens with one attached hydrogen (secondary N) is 2. The number of aryl methyl sites for hydroxylation is 2. The number of halogens is 1. The number of nitrogens with zero attached hydrogens (tertiary/aromatic N) is 4. The van der Waals surface area contributed by atoms with Crippen molar-refractivity contribution >= 4 is 35.6 Å². The van der Waals surface area contributed by atoms with Gasteiger partial charge in [-0.25, -0.2) is 0 Å². The first-order valence-electron chi connectivity index (χ1n) is 9.95. The fraction of sp³-hybridized carbons (Fsp3) is 0.524. The van der Waals surface area contributed by atoms with Crippen LogP contribution in [0.25, 0.3) is 0 Å². The summed E-state index contributed by atoms with van der Waals surface area (Å²) in [5, 5.41) is 11.1. The van der Waals surface area contributed by atoms with Crippen molar-refractivity contribution in [2.24, 2.45) is 12.0 Å². The van der Waals surface area contributed by atoms with E-state index < -0.39 is 0 Å². The number of guanidine groups is 1. The normalized spacial score (nSPS) is 15.2. The first kappa shape index (κ1) is 22.5. The van der Waals surface area contributed by atoms with Crippen LogP contribution in [-0.2, 0) is 13.5 Å². The third-order valence-corrected chi connectivity index (χ3v) is 5.11. The molecule has 1 aromatic heterocycles. The number of hydrogen-bond donors (Lipinski definition) is 2. The highest BCUT2D eigenvalue weighted by atomic mass is 127. The zero-order valence-electron chi connectivity index (χ0n) is 17.2.